The van der Waals surface area contributed by atoms with E-state index < -0.39 is 0 Å². The Hall–Kier alpha value is -1.36. The van der Waals surface area contributed by atoms with Crippen LogP contribution in [0.2, 0.25) is 0 Å². The molecule has 0 aliphatic heterocycles. The van der Waals surface area contributed by atoms with E-state index in [4.69, 9.17) is 5.41 Å². The van der Waals surface area contributed by atoms with Crippen LogP contribution in [0.15, 0.2) is 12.5 Å². The molecule has 94 valence electrons. The molecule has 0 aromatic carbocycles. The number of fused-ring (bicyclic) bond motifs is 1. The first-order valence-electron chi connectivity index (χ1n) is 5.76. The average molecular weight is 256 g/mol. The van der Waals surface area contributed by atoms with Crippen molar-refractivity contribution in [2.45, 2.75) is 39.2 Å². The second-order valence-electron chi connectivity index (χ2n) is 3.93. The Bertz CT molecular complexity index is 516. The molecule has 0 saturated carbocycles. The van der Waals surface area contributed by atoms with Gasteiger partial charge in [0, 0.05) is 6.54 Å². The van der Waals surface area contributed by atoms with E-state index >= 15 is 0 Å². The number of rotatable bonds is 5. The number of H-pyrrole nitrogens is 1. The largest absolute Gasteiger partial charge is 0.342 e. The molecular weight excluding hydrogens is 238 g/mol. The third kappa shape index (κ3) is 3.06. The summed E-state index contributed by atoms with van der Waals surface area (Å²) >= 11 is 0. The van der Waals surface area contributed by atoms with E-state index in [0.717, 1.165) is 24.1 Å². The van der Waals surface area contributed by atoms with Crippen LogP contribution in [0.3, 0.4) is 0 Å². The van der Waals surface area contributed by atoms with Gasteiger partial charge in [-0.3, -0.25) is 9.98 Å². The van der Waals surface area contributed by atoms with Gasteiger partial charge in [0.25, 0.3) is 0 Å². The van der Waals surface area contributed by atoms with E-state index in [-0.39, 0.29) is 18.0 Å². The number of aryl methyl sites for hydroxylation is 1. The van der Waals surface area contributed by atoms with Crippen molar-refractivity contribution in [3.05, 3.63) is 18.1 Å². The Morgan fingerprint density at radius 3 is 2.88 bits per heavy atom. The number of aromatic amines is 1. The first-order chi connectivity index (χ1) is 7.83. The van der Waals surface area contributed by atoms with Gasteiger partial charge in [0.15, 0.2) is 5.65 Å². The summed E-state index contributed by atoms with van der Waals surface area (Å²) in [6.45, 7) is 3.02. The lowest BCUT2D eigenvalue weighted by Crippen LogP contribution is -2.23. The first kappa shape index (κ1) is 13.7. The summed E-state index contributed by atoms with van der Waals surface area (Å²) < 4.78 is 1.86. The predicted molar refractivity (Wildman–Crippen MR) is 69.1 cm³/mol. The van der Waals surface area contributed by atoms with Crippen molar-refractivity contribution >= 4 is 23.6 Å². The second-order valence-corrected chi connectivity index (χ2v) is 3.93. The van der Waals surface area contributed by atoms with Gasteiger partial charge in [-0.1, -0.05) is 26.2 Å². The van der Waals surface area contributed by atoms with Crippen LogP contribution in [0.25, 0.3) is 11.2 Å². The molecule has 0 amide bonds. The zero-order chi connectivity index (χ0) is 11.4. The second kappa shape index (κ2) is 6.39. The standard InChI is InChI=1S/C11H17N5.ClH/c1-2-3-4-5-6-16-10-9(14-8-15-10)7-13-11(16)12;/h7-8,12H,2-6H2,1H3,(H,14,15);1H. The van der Waals surface area contributed by atoms with Crippen LogP contribution in [0.1, 0.15) is 32.6 Å². The summed E-state index contributed by atoms with van der Waals surface area (Å²) in [5, 5.41) is 7.77. The molecule has 0 atom stereocenters. The maximum Gasteiger partial charge on any atom is 0.223 e. The molecule has 0 unspecified atom stereocenters. The molecule has 2 heterocycles. The van der Waals surface area contributed by atoms with Crippen LogP contribution in [-0.2, 0) is 6.54 Å². The minimum absolute atomic E-state index is 0. The highest BCUT2D eigenvalue weighted by Crippen LogP contribution is 2.06. The summed E-state index contributed by atoms with van der Waals surface area (Å²) in [6, 6.07) is 0. The normalized spacial score (nSPS) is 10.4. The minimum Gasteiger partial charge on any atom is -0.342 e. The van der Waals surface area contributed by atoms with E-state index in [0.29, 0.717) is 0 Å². The molecule has 0 aliphatic carbocycles. The summed E-state index contributed by atoms with van der Waals surface area (Å²) in [5.74, 6) is 0. The average Bonchev–Trinajstić information content (AvgIpc) is 2.75. The van der Waals surface area contributed by atoms with Gasteiger partial charge in [-0.05, 0) is 6.42 Å². The molecule has 6 heteroatoms. The van der Waals surface area contributed by atoms with E-state index in [9.17, 15) is 0 Å². The van der Waals surface area contributed by atoms with Crippen molar-refractivity contribution < 1.29 is 0 Å². The maximum absolute atomic E-state index is 7.77. The molecule has 2 aromatic heterocycles. The fourth-order valence-electron chi connectivity index (χ4n) is 1.81. The number of nitrogens with one attached hydrogen (secondary N) is 2. The molecule has 0 aliphatic rings. The van der Waals surface area contributed by atoms with Crippen LogP contribution in [0.5, 0.6) is 0 Å². The van der Waals surface area contributed by atoms with Gasteiger partial charge < -0.3 is 4.98 Å². The Balaban J connectivity index is 0.00000144. The smallest absolute Gasteiger partial charge is 0.223 e. The lowest BCUT2D eigenvalue weighted by Gasteiger charge is -2.06. The molecule has 0 spiro atoms. The number of unbranched alkanes of at least 4 members (excludes halogenated alkanes) is 3. The van der Waals surface area contributed by atoms with Crippen LogP contribution in [0.4, 0.5) is 0 Å². The van der Waals surface area contributed by atoms with Gasteiger partial charge in [-0.25, -0.2) is 9.97 Å². The summed E-state index contributed by atoms with van der Waals surface area (Å²) in [5.41, 5.74) is 2.01. The van der Waals surface area contributed by atoms with Crippen molar-refractivity contribution in [2.24, 2.45) is 0 Å². The summed E-state index contributed by atoms with van der Waals surface area (Å²) in [6.07, 6.45) is 8.06. The van der Waals surface area contributed by atoms with E-state index in [1.807, 2.05) is 4.57 Å². The molecule has 2 rings (SSSR count). The number of halogens is 1. The Morgan fingerprint density at radius 2 is 2.12 bits per heavy atom. The lowest BCUT2D eigenvalue weighted by atomic mass is 10.2. The molecule has 2 aromatic rings. The van der Waals surface area contributed by atoms with E-state index in [1.165, 1.54) is 19.3 Å². The topological polar surface area (TPSA) is 70.3 Å². The Labute approximate surface area is 106 Å². The molecule has 2 N–H and O–H groups in total. The molecule has 0 saturated heterocycles. The first-order valence-corrected chi connectivity index (χ1v) is 5.76. The summed E-state index contributed by atoms with van der Waals surface area (Å²) in [4.78, 5) is 11.3. The third-order valence-electron chi connectivity index (χ3n) is 2.71. The number of nitrogens with zero attached hydrogens (tertiary/aromatic N) is 3. The van der Waals surface area contributed by atoms with Crippen molar-refractivity contribution in [2.75, 3.05) is 0 Å². The third-order valence-corrected chi connectivity index (χ3v) is 2.71. The molecular formula is C11H18ClN5. The fourth-order valence-corrected chi connectivity index (χ4v) is 1.81. The number of hydrogen-bond donors (Lipinski definition) is 2. The quantitative estimate of drug-likeness (QED) is 0.805. The SMILES string of the molecule is CCCCCCn1c(=N)ncc2[nH]cnc21.Cl. The van der Waals surface area contributed by atoms with Gasteiger partial charge in [-0.15, -0.1) is 12.4 Å². The molecule has 5 nitrogen and oxygen atoms in total. The van der Waals surface area contributed by atoms with Crippen molar-refractivity contribution in [3.63, 3.8) is 0 Å². The van der Waals surface area contributed by atoms with Gasteiger partial charge in [0.2, 0.25) is 5.62 Å². The maximum atomic E-state index is 7.77. The van der Waals surface area contributed by atoms with Crippen molar-refractivity contribution in [3.8, 4) is 0 Å². The van der Waals surface area contributed by atoms with Crippen LogP contribution >= 0.6 is 12.4 Å². The number of hydrogen-bond acceptors (Lipinski definition) is 3. The van der Waals surface area contributed by atoms with Crippen LogP contribution in [-0.4, -0.2) is 19.5 Å². The highest BCUT2D eigenvalue weighted by Gasteiger charge is 2.03. The van der Waals surface area contributed by atoms with E-state index in [2.05, 4.69) is 21.9 Å². The Kier molecular flexibility index (Phi) is 5.15. The molecule has 0 bridgehead atoms. The highest BCUT2D eigenvalue weighted by atomic mass is 35.5. The molecule has 0 radical (unpaired) electrons. The van der Waals surface area contributed by atoms with Gasteiger partial charge in [0.1, 0.15) is 5.52 Å². The monoisotopic (exact) mass is 255 g/mol. The van der Waals surface area contributed by atoms with Gasteiger partial charge >= 0.3 is 0 Å². The van der Waals surface area contributed by atoms with Gasteiger partial charge in [-0.2, -0.15) is 0 Å². The van der Waals surface area contributed by atoms with Gasteiger partial charge in [0.05, 0.1) is 12.5 Å². The predicted octanol–water partition coefficient (Wildman–Crippen LogP) is 2.24. The zero-order valence-electron chi connectivity index (χ0n) is 9.94. The minimum atomic E-state index is 0. The summed E-state index contributed by atoms with van der Waals surface area (Å²) in [7, 11) is 0. The van der Waals surface area contributed by atoms with Crippen LogP contribution in [0, 0.1) is 5.41 Å². The van der Waals surface area contributed by atoms with Crippen molar-refractivity contribution in [1.82, 2.24) is 19.5 Å². The van der Waals surface area contributed by atoms with Crippen LogP contribution < -0.4 is 5.62 Å². The zero-order valence-corrected chi connectivity index (χ0v) is 10.8. The van der Waals surface area contributed by atoms with E-state index in [1.54, 1.807) is 12.5 Å². The lowest BCUT2D eigenvalue weighted by molar-refractivity contribution is 0.563. The van der Waals surface area contributed by atoms with Crippen molar-refractivity contribution in [1.29, 1.82) is 5.41 Å². The molecule has 17 heavy (non-hydrogen) atoms. The number of aromatic nitrogens is 4. The molecule has 0 fully saturated rings. The Morgan fingerprint density at radius 1 is 1.29 bits per heavy atom. The highest BCUT2D eigenvalue weighted by molar-refractivity contribution is 5.85. The number of imidazole rings is 1. The fraction of sp³-hybridized carbons (Fsp3) is 0.545.